The SMILES string of the molecule is COc1ccc2c(c1)CCc1c-2noc1-c1ccc(C)c(NC(=O)c2cc(F)c(Cl)nc2Cl)c1. The molecule has 2 aromatic carbocycles. The molecule has 0 fully saturated rings. The first-order valence-corrected chi connectivity index (χ1v) is 11.2. The lowest BCUT2D eigenvalue weighted by atomic mass is 9.88. The van der Waals surface area contributed by atoms with Gasteiger partial charge in [0, 0.05) is 22.4 Å². The van der Waals surface area contributed by atoms with E-state index in [1.165, 1.54) is 0 Å². The molecule has 34 heavy (non-hydrogen) atoms. The first-order chi connectivity index (χ1) is 16.4. The number of aryl methyl sites for hydroxylation is 2. The maximum absolute atomic E-state index is 13.8. The third kappa shape index (κ3) is 3.91. The average molecular weight is 498 g/mol. The first kappa shape index (κ1) is 22.4. The van der Waals surface area contributed by atoms with E-state index < -0.39 is 16.9 Å². The summed E-state index contributed by atoms with van der Waals surface area (Å²) < 4.78 is 24.9. The van der Waals surface area contributed by atoms with Gasteiger partial charge in [-0.15, -0.1) is 0 Å². The number of anilines is 1. The number of methoxy groups -OCH3 is 1. The molecule has 6 nitrogen and oxygen atoms in total. The summed E-state index contributed by atoms with van der Waals surface area (Å²) in [6.07, 6.45) is 1.59. The van der Waals surface area contributed by atoms with E-state index in [0.717, 1.165) is 58.2 Å². The second kappa shape index (κ2) is 8.74. The average Bonchev–Trinajstić information content (AvgIpc) is 3.27. The van der Waals surface area contributed by atoms with Crippen molar-refractivity contribution in [1.29, 1.82) is 0 Å². The quantitative estimate of drug-likeness (QED) is 0.325. The molecule has 0 spiro atoms. The van der Waals surface area contributed by atoms with Gasteiger partial charge in [0.25, 0.3) is 5.91 Å². The molecule has 1 aliphatic rings. The Hall–Kier alpha value is -3.42. The third-order valence-corrected chi connectivity index (χ3v) is 6.43. The Morgan fingerprint density at radius 3 is 2.74 bits per heavy atom. The van der Waals surface area contributed by atoms with E-state index >= 15 is 0 Å². The van der Waals surface area contributed by atoms with Crippen molar-refractivity contribution in [3.05, 3.63) is 80.8 Å². The molecule has 4 aromatic rings. The molecular weight excluding hydrogens is 480 g/mol. The highest BCUT2D eigenvalue weighted by Gasteiger charge is 2.26. The number of aromatic nitrogens is 2. The van der Waals surface area contributed by atoms with Gasteiger partial charge in [0.05, 0.1) is 12.7 Å². The van der Waals surface area contributed by atoms with Crippen LogP contribution >= 0.6 is 23.2 Å². The van der Waals surface area contributed by atoms with Crippen molar-refractivity contribution in [3.8, 4) is 28.3 Å². The van der Waals surface area contributed by atoms with Crippen molar-refractivity contribution < 1.29 is 18.4 Å². The van der Waals surface area contributed by atoms with E-state index in [4.69, 9.17) is 32.5 Å². The van der Waals surface area contributed by atoms with Crippen molar-refractivity contribution in [2.75, 3.05) is 12.4 Å². The zero-order valence-electron chi connectivity index (χ0n) is 18.2. The number of nitrogens with one attached hydrogen (secondary N) is 1. The van der Waals surface area contributed by atoms with Gasteiger partial charge < -0.3 is 14.6 Å². The summed E-state index contributed by atoms with van der Waals surface area (Å²) in [6, 6.07) is 12.4. The number of halogens is 3. The number of hydrogen-bond donors (Lipinski definition) is 1. The summed E-state index contributed by atoms with van der Waals surface area (Å²) in [5.41, 5.74) is 5.97. The Kier molecular flexibility index (Phi) is 5.75. The number of carbonyl (C=O) groups is 1. The molecule has 5 rings (SSSR count). The molecule has 0 atom stereocenters. The van der Waals surface area contributed by atoms with Gasteiger partial charge in [-0.3, -0.25) is 4.79 Å². The molecule has 2 aromatic heterocycles. The largest absolute Gasteiger partial charge is 0.497 e. The topological polar surface area (TPSA) is 77.3 Å². The molecular formula is C25H18Cl2FN3O3. The molecule has 1 aliphatic carbocycles. The summed E-state index contributed by atoms with van der Waals surface area (Å²) in [4.78, 5) is 16.4. The van der Waals surface area contributed by atoms with Gasteiger partial charge in [-0.1, -0.05) is 40.5 Å². The maximum atomic E-state index is 13.8. The van der Waals surface area contributed by atoms with Crippen molar-refractivity contribution >= 4 is 34.8 Å². The fraction of sp³-hybridized carbons (Fsp3) is 0.160. The van der Waals surface area contributed by atoms with Crippen LogP contribution in [0, 0.1) is 12.7 Å². The minimum atomic E-state index is -0.826. The summed E-state index contributed by atoms with van der Waals surface area (Å²) in [6.45, 7) is 1.85. The molecule has 0 radical (unpaired) electrons. The molecule has 1 amide bonds. The maximum Gasteiger partial charge on any atom is 0.258 e. The van der Waals surface area contributed by atoms with E-state index in [1.54, 1.807) is 13.2 Å². The molecule has 172 valence electrons. The van der Waals surface area contributed by atoms with Crippen LogP contribution in [0.2, 0.25) is 10.3 Å². The Bertz CT molecular complexity index is 1450. The summed E-state index contributed by atoms with van der Waals surface area (Å²) in [7, 11) is 1.64. The molecule has 9 heteroatoms. The van der Waals surface area contributed by atoms with Crippen molar-refractivity contribution in [3.63, 3.8) is 0 Å². The van der Waals surface area contributed by atoms with Gasteiger partial charge in [-0.2, -0.15) is 0 Å². The predicted molar refractivity (Wildman–Crippen MR) is 128 cm³/mol. The Morgan fingerprint density at radius 2 is 1.94 bits per heavy atom. The summed E-state index contributed by atoms with van der Waals surface area (Å²) in [5.74, 6) is 0.0218. The Morgan fingerprint density at radius 1 is 1.12 bits per heavy atom. The molecule has 1 N–H and O–H groups in total. The molecule has 0 bridgehead atoms. The van der Waals surface area contributed by atoms with E-state index in [9.17, 15) is 9.18 Å². The van der Waals surface area contributed by atoms with Crippen LogP contribution in [0.5, 0.6) is 5.75 Å². The minimum absolute atomic E-state index is 0.113. The van der Waals surface area contributed by atoms with Gasteiger partial charge in [-0.25, -0.2) is 9.37 Å². The van der Waals surface area contributed by atoms with Gasteiger partial charge in [0.2, 0.25) is 0 Å². The highest BCUT2D eigenvalue weighted by Crippen LogP contribution is 2.40. The van der Waals surface area contributed by atoms with Crippen LogP contribution in [0.1, 0.15) is 27.0 Å². The molecule has 0 saturated heterocycles. The van der Waals surface area contributed by atoms with Gasteiger partial charge >= 0.3 is 0 Å². The Labute approximate surface area is 204 Å². The van der Waals surface area contributed by atoms with Crippen LogP contribution in [0.3, 0.4) is 0 Å². The number of benzene rings is 2. The van der Waals surface area contributed by atoms with Gasteiger partial charge in [-0.05, 0) is 61.2 Å². The lowest BCUT2D eigenvalue weighted by Gasteiger charge is -2.16. The molecule has 0 unspecified atom stereocenters. The summed E-state index contributed by atoms with van der Waals surface area (Å²) in [5, 5.41) is 6.54. The van der Waals surface area contributed by atoms with Crippen LogP contribution in [0.15, 0.2) is 47.0 Å². The monoisotopic (exact) mass is 497 g/mol. The zero-order valence-corrected chi connectivity index (χ0v) is 19.7. The van der Waals surface area contributed by atoms with Crippen LogP contribution in [-0.2, 0) is 12.8 Å². The summed E-state index contributed by atoms with van der Waals surface area (Å²) >= 11 is 11.6. The molecule has 0 aliphatic heterocycles. The fourth-order valence-corrected chi connectivity index (χ4v) is 4.47. The van der Waals surface area contributed by atoms with Crippen molar-refractivity contribution in [2.24, 2.45) is 0 Å². The zero-order chi connectivity index (χ0) is 24.0. The van der Waals surface area contributed by atoms with Crippen molar-refractivity contribution in [2.45, 2.75) is 19.8 Å². The number of pyridine rings is 1. The van der Waals surface area contributed by atoms with E-state index in [0.29, 0.717) is 11.4 Å². The van der Waals surface area contributed by atoms with Crippen LogP contribution < -0.4 is 10.1 Å². The smallest absolute Gasteiger partial charge is 0.258 e. The number of amides is 1. The number of hydrogen-bond acceptors (Lipinski definition) is 5. The van der Waals surface area contributed by atoms with Crippen molar-refractivity contribution in [1.82, 2.24) is 10.1 Å². The van der Waals surface area contributed by atoms with Gasteiger partial charge in [0.15, 0.2) is 16.7 Å². The first-order valence-electron chi connectivity index (χ1n) is 10.5. The van der Waals surface area contributed by atoms with Crippen LogP contribution in [-0.4, -0.2) is 23.2 Å². The molecule has 0 saturated carbocycles. The van der Waals surface area contributed by atoms with E-state index in [2.05, 4.69) is 15.5 Å². The second-order valence-electron chi connectivity index (χ2n) is 7.95. The highest BCUT2D eigenvalue weighted by molar-refractivity contribution is 6.35. The highest BCUT2D eigenvalue weighted by atomic mass is 35.5. The normalized spacial score (nSPS) is 12.1. The predicted octanol–water partition coefficient (Wildman–Crippen LogP) is 6.52. The second-order valence-corrected chi connectivity index (χ2v) is 8.66. The van der Waals surface area contributed by atoms with Crippen LogP contribution in [0.25, 0.3) is 22.6 Å². The molecule has 2 heterocycles. The van der Waals surface area contributed by atoms with E-state index in [1.807, 2.05) is 37.3 Å². The lowest BCUT2D eigenvalue weighted by molar-refractivity contribution is 0.102. The third-order valence-electron chi connectivity index (χ3n) is 5.88. The number of nitrogens with zero attached hydrogens (tertiary/aromatic N) is 2. The number of fused-ring (bicyclic) bond motifs is 3. The number of carbonyl (C=O) groups excluding carboxylic acids is 1. The minimum Gasteiger partial charge on any atom is -0.497 e. The number of ether oxygens (including phenoxy) is 1. The number of rotatable bonds is 4. The van der Waals surface area contributed by atoms with Gasteiger partial charge in [0.1, 0.15) is 16.6 Å². The standard InChI is InChI=1S/C25H18Cl2FN3O3/c1-12-3-4-14(10-20(12)29-25(32)18-11-19(28)24(27)30-23(18)26)22-17-7-5-13-9-15(33-2)6-8-16(13)21(17)31-34-22/h3-4,6,8-11H,5,7H2,1-2H3,(H,29,32). The fourth-order valence-electron chi connectivity index (χ4n) is 4.07. The van der Waals surface area contributed by atoms with E-state index in [-0.39, 0.29) is 10.7 Å². The lowest BCUT2D eigenvalue weighted by Crippen LogP contribution is -2.14. The Balaban J connectivity index is 1.48. The van der Waals surface area contributed by atoms with Crippen LogP contribution in [0.4, 0.5) is 10.1 Å².